The quantitative estimate of drug-likeness (QED) is 0.800. The first-order valence-corrected chi connectivity index (χ1v) is 6.65. The normalized spacial score (nSPS) is 24.2. The molecule has 0 radical (unpaired) electrons. The number of para-hydroxylation sites is 1. The third-order valence-electron chi connectivity index (χ3n) is 3.66. The lowest BCUT2D eigenvalue weighted by Gasteiger charge is -2.39. The molecule has 0 aromatic heterocycles. The van der Waals surface area contributed by atoms with Gasteiger partial charge in [-0.3, -0.25) is 0 Å². The van der Waals surface area contributed by atoms with Gasteiger partial charge in [-0.1, -0.05) is 37.3 Å². The zero-order valence-corrected chi connectivity index (χ0v) is 12.7. The average molecular weight is 295 g/mol. The molecule has 0 bridgehead atoms. The van der Waals surface area contributed by atoms with Crippen LogP contribution in [0.25, 0.3) is 0 Å². The van der Waals surface area contributed by atoms with Gasteiger partial charge in [0.05, 0.1) is 12.1 Å². The second-order valence-corrected chi connectivity index (χ2v) is 5.51. The van der Waals surface area contributed by atoms with Crippen molar-refractivity contribution < 1.29 is 5.11 Å². The summed E-state index contributed by atoms with van der Waals surface area (Å²) in [5, 5.41) is 13.5. The van der Waals surface area contributed by atoms with E-state index in [2.05, 4.69) is 18.3 Å². The van der Waals surface area contributed by atoms with E-state index in [1.165, 1.54) is 0 Å². The second kappa shape index (κ2) is 6.82. The number of nitrogens with two attached hydrogens (primary N) is 1. The van der Waals surface area contributed by atoms with Gasteiger partial charge in [0.25, 0.3) is 0 Å². The average Bonchev–Trinajstić information content (AvgIpc) is 2.36. The third-order valence-corrected chi connectivity index (χ3v) is 3.66. The van der Waals surface area contributed by atoms with E-state index in [0.717, 1.165) is 17.8 Å². The van der Waals surface area contributed by atoms with Crippen molar-refractivity contribution in [2.24, 2.45) is 11.1 Å². The summed E-state index contributed by atoms with van der Waals surface area (Å²) in [6.45, 7) is 3.94. The van der Waals surface area contributed by atoms with Gasteiger partial charge in [0.15, 0.2) is 0 Å². The first-order valence-electron chi connectivity index (χ1n) is 6.65. The lowest BCUT2D eigenvalue weighted by Crippen LogP contribution is -2.46. The Bertz CT molecular complexity index is 485. The van der Waals surface area contributed by atoms with Crippen LogP contribution in [0.1, 0.15) is 20.3 Å². The van der Waals surface area contributed by atoms with Gasteiger partial charge in [-0.05, 0) is 31.6 Å². The largest absolute Gasteiger partial charge is 0.402 e. The van der Waals surface area contributed by atoms with Crippen LogP contribution in [0.2, 0.25) is 0 Å². The molecule has 1 aliphatic carbocycles. The fourth-order valence-electron chi connectivity index (χ4n) is 2.71. The molecule has 0 saturated carbocycles. The molecule has 3 unspecified atom stereocenters. The fourth-order valence-corrected chi connectivity index (χ4v) is 2.71. The van der Waals surface area contributed by atoms with E-state index >= 15 is 0 Å². The lowest BCUT2D eigenvalue weighted by molar-refractivity contribution is 0.122. The molecule has 0 fully saturated rings. The van der Waals surface area contributed by atoms with Gasteiger partial charge in [-0.2, -0.15) is 0 Å². The Kier molecular flexibility index (Phi) is 5.66. The standard InChI is InChI=1S/C16H22N2O.ClH/c1-12(19)15(18-14-8-4-3-5-9-14)16(2)10-6-7-13(17)11-16;/h3-10,12,15,18-19H,11,17H2,1-2H3;1H. The van der Waals surface area contributed by atoms with E-state index in [9.17, 15) is 5.11 Å². The molecule has 0 amide bonds. The van der Waals surface area contributed by atoms with Gasteiger partial charge in [-0.15, -0.1) is 12.4 Å². The molecule has 0 heterocycles. The molecule has 20 heavy (non-hydrogen) atoms. The smallest absolute Gasteiger partial charge is 0.0721 e. The topological polar surface area (TPSA) is 58.3 Å². The van der Waals surface area contributed by atoms with Gasteiger partial charge in [0.2, 0.25) is 0 Å². The Balaban J connectivity index is 0.00000200. The molecule has 4 heteroatoms. The molecule has 110 valence electrons. The predicted molar refractivity (Wildman–Crippen MR) is 86.9 cm³/mol. The molecule has 1 aromatic rings. The monoisotopic (exact) mass is 294 g/mol. The number of rotatable bonds is 4. The third kappa shape index (κ3) is 3.78. The number of nitrogens with one attached hydrogen (secondary N) is 1. The lowest BCUT2D eigenvalue weighted by atomic mass is 9.74. The number of hydrogen-bond donors (Lipinski definition) is 3. The van der Waals surface area contributed by atoms with E-state index < -0.39 is 6.10 Å². The van der Waals surface area contributed by atoms with Crippen LogP contribution in [0.5, 0.6) is 0 Å². The van der Waals surface area contributed by atoms with Crippen molar-refractivity contribution in [3.63, 3.8) is 0 Å². The highest BCUT2D eigenvalue weighted by Gasteiger charge is 2.36. The Hall–Kier alpha value is -1.45. The minimum Gasteiger partial charge on any atom is -0.402 e. The van der Waals surface area contributed by atoms with Crippen LogP contribution in [0.4, 0.5) is 5.69 Å². The maximum absolute atomic E-state index is 10.1. The highest BCUT2D eigenvalue weighted by molar-refractivity contribution is 5.85. The van der Waals surface area contributed by atoms with Crippen molar-refractivity contribution in [3.8, 4) is 0 Å². The molecular formula is C16H23ClN2O. The second-order valence-electron chi connectivity index (χ2n) is 5.51. The van der Waals surface area contributed by atoms with E-state index in [4.69, 9.17) is 5.73 Å². The van der Waals surface area contributed by atoms with Crippen LogP contribution < -0.4 is 11.1 Å². The van der Waals surface area contributed by atoms with Crippen LogP contribution in [0.15, 0.2) is 54.3 Å². The van der Waals surface area contributed by atoms with Crippen molar-refractivity contribution in [2.45, 2.75) is 32.4 Å². The Morgan fingerprint density at radius 2 is 1.95 bits per heavy atom. The van der Waals surface area contributed by atoms with Gasteiger partial charge in [-0.25, -0.2) is 0 Å². The maximum atomic E-state index is 10.1. The van der Waals surface area contributed by atoms with E-state index in [0.29, 0.717) is 0 Å². The molecular weight excluding hydrogens is 272 g/mol. The van der Waals surface area contributed by atoms with Crippen molar-refractivity contribution in [1.82, 2.24) is 0 Å². The van der Waals surface area contributed by atoms with Crippen LogP contribution in [-0.4, -0.2) is 17.3 Å². The van der Waals surface area contributed by atoms with Gasteiger partial charge >= 0.3 is 0 Å². The highest BCUT2D eigenvalue weighted by Crippen LogP contribution is 2.36. The van der Waals surface area contributed by atoms with Gasteiger partial charge in [0.1, 0.15) is 0 Å². The number of anilines is 1. The summed E-state index contributed by atoms with van der Waals surface area (Å²) in [5.74, 6) is 0. The summed E-state index contributed by atoms with van der Waals surface area (Å²) in [6, 6.07) is 9.86. The van der Waals surface area contributed by atoms with Crippen LogP contribution in [0, 0.1) is 5.41 Å². The van der Waals surface area contributed by atoms with E-state index in [1.54, 1.807) is 0 Å². The first kappa shape index (κ1) is 16.6. The summed E-state index contributed by atoms with van der Waals surface area (Å²) in [4.78, 5) is 0. The molecule has 0 saturated heterocycles. The van der Waals surface area contributed by atoms with E-state index in [-0.39, 0.29) is 23.9 Å². The number of halogens is 1. The summed E-state index contributed by atoms with van der Waals surface area (Å²) >= 11 is 0. The predicted octanol–water partition coefficient (Wildman–Crippen LogP) is 3.08. The number of aliphatic hydroxyl groups is 1. The zero-order chi connectivity index (χ0) is 13.9. The molecule has 1 aliphatic rings. The Labute approximate surface area is 127 Å². The summed E-state index contributed by atoms with van der Waals surface area (Å²) in [5.41, 5.74) is 7.61. The van der Waals surface area contributed by atoms with Crippen LogP contribution >= 0.6 is 12.4 Å². The molecule has 3 atom stereocenters. The number of aliphatic hydroxyl groups excluding tert-OH is 1. The molecule has 0 spiro atoms. The Morgan fingerprint density at radius 1 is 1.30 bits per heavy atom. The van der Waals surface area contributed by atoms with Gasteiger partial charge < -0.3 is 16.2 Å². The summed E-state index contributed by atoms with van der Waals surface area (Å²) in [6.07, 6.45) is 6.29. The number of allylic oxidation sites excluding steroid dienone is 3. The molecule has 1 aromatic carbocycles. The summed E-state index contributed by atoms with van der Waals surface area (Å²) in [7, 11) is 0. The van der Waals surface area contributed by atoms with Crippen LogP contribution in [0.3, 0.4) is 0 Å². The Morgan fingerprint density at radius 3 is 2.50 bits per heavy atom. The molecule has 0 aliphatic heterocycles. The first-order chi connectivity index (χ1) is 9.01. The van der Waals surface area contributed by atoms with Crippen LogP contribution in [-0.2, 0) is 0 Å². The SMILES string of the molecule is CC(O)C(Nc1ccccc1)C1(C)C=CC=C(N)C1.Cl. The zero-order valence-electron chi connectivity index (χ0n) is 11.9. The minimum atomic E-state index is -0.472. The highest BCUT2D eigenvalue weighted by atomic mass is 35.5. The number of hydrogen-bond acceptors (Lipinski definition) is 3. The van der Waals surface area contributed by atoms with Crippen molar-refractivity contribution >= 4 is 18.1 Å². The molecule has 4 N–H and O–H groups in total. The van der Waals surface area contributed by atoms with Crippen molar-refractivity contribution in [1.29, 1.82) is 0 Å². The fraction of sp³-hybridized carbons (Fsp3) is 0.375. The van der Waals surface area contributed by atoms with E-state index in [1.807, 2.05) is 49.4 Å². The number of benzene rings is 1. The molecule has 3 nitrogen and oxygen atoms in total. The maximum Gasteiger partial charge on any atom is 0.0721 e. The van der Waals surface area contributed by atoms with Gasteiger partial charge in [0, 0.05) is 16.8 Å². The minimum absolute atomic E-state index is 0. The molecule has 2 rings (SSSR count). The van der Waals surface area contributed by atoms with Crippen molar-refractivity contribution in [2.75, 3.05) is 5.32 Å². The van der Waals surface area contributed by atoms with Crippen molar-refractivity contribution in [3.05, 3.63) is 54.3 Å². The summed E-state index contributed by atoms with van der Waals surface area (Å²) < 4.78 is 0.